The molecule has 0 radical (unpaired) electrons. The Morgan fingerprint density at radius 3 is 0.776 bits per heavy atom. The van der Waals surface area contributed by atoms with E-state index in [1.165, 1.54) is 8.61 Å². The number of nitrogens with zero attached hydrogens (tertiary/aromatic N) is 6. The summed E-state index contributed by atoms with van der Waals surface area (Å²) in [4.78, 5) is 42.6. The van der Waals surface area contributed by atoms with Gasteiger partial charge in [0.2, 0.25) is 37.8 Å². The fourth-order valence-corrected chi connectivity index (χ4v) is 9.94. The molecule has 0 aliphatic heterocycles. The molecular formula is C69H152N6O8S2. The van der Waals surface area contributed by atoms with Gasteiger partial charge in [-0.15, -0.1) is 0 Å². The minimum atomic E-state index is -3.20. The Balaban J connectivity index is -0.000000168. The number of rotatable bonds is 22. The summed E-state index contributed by atoms with van der Waals surface area (Å²) in [6, 6.07) is 0.959. The van der Waals surface area contributed by atoms with Crippen LogP contribution in [0.15, 0.2) is 0 Å². The van der Waals surface area contributed by atoms with Gasteiger partial charge in [-0.05, 0) is 195 Å². The molecule has 0 aliphatic carbocycles. The quantitative estimate of drug-likeness (QED) is 0.103. The van der Waals surface area contributed by atoms with Crippen LogP contribution < -0.4 is 0 Å². The van der Waals surface area contributed by atoms with Gasteiger partial charge in [0.05, 0.1) is 21.7 Å². The number of hydrogen-bond acceptors (Lipinski definition) is 9. The van der Waals surface area contributed by atoms with E-state index in [1.54, 1.807) is 46.7 Å². The van der Waals surface area contributed by atoms with Crippen LogP contribution >= 0.6 is 0 Å². The van der Waals surface area contributed by atoms with Gasteiger partial charge in [0, 0.05) is 93.3 Å². The highest BCUT2D eigenvalue weighted by Crippen LogP contribution is 2.31. The van der Waals surface area contributed by atoms with Crippen LogP contribution in [0, 0.1) is 53.3 Å². The van der Waals surface area contributed by atoms with E-state index >= 15 is 0 Å². The Morgan fingerprint density at radius 2 is 0.635 bits per heavy atom. The fraction of sp³-hybridized carbons (Fsp3) is 0.957. The standard InChI is InChI=1S/2C11H23NO.2C10H23NO2S.C10H23N.C9H20O.C8H17NO/c2*1-8(2)10(13)12(7)11(5,6)9(3)4;1-8(2)10(5,6)11(7)14(12,13)9(3)4;1-8(2)10(5,6)14(12,13)11(7)9(3)4;1-8(2)10(5,6)11(7)9(3)4;1-7(2)9(5,6)10-8(3)4;1-6(2)8(10)9(5)7(3)4/h2*8-9H,1-7H3;2*8-9H,1-7H3;8-9H,1-7H3;7-8H,1-6H3;6-7H,1-5H3. The first-order valence-electron chi connectivity index (χ1n) is 32.3. The predicted molar refractivity (Wildman–Crippen MR) is 374 cm³/mol. The average molecular weight is 1260 g/mol. The first kappa shape index (κ1) is 96.8. The molecule has 16 heteroatoms. The topological polar surface area (TPSA) is 148 Å². The van der Waals surface area contributed by atoms with Gasteiger partial charge in [-0.2, -0.15) is 4.31 Å². The molecule has 0 unspecified atom stereocenters. The smallest absolute Gasteiger partial charge is 0.225 e. The van der Waals surface area contributed by atoms with Crippen LogP contribution in [-0.4, -0.2) is 167 Å². The molecule has 518 valence electrons. The summed E-state index contributed by atoms with van der Waals surface area (Å²) in [5.74, 6) is 3.57. The maximum Gasteiger partial charge on any atom is 0.225 e. The van der Waals surface area contributed by atoms with Crippen LogP contribution in [-0.2, 0) is 39.2 Å². The lowest BCUT2D eigenvalue weighted by Gasteiger charge is -2.41. The van der Waals surface area contributed by atoms with E-state index in [9.17, 15) is 31.2 Å². The molecule has 3 amide bonds. The van der Waals surface area contributed by atoms with Crippen molar-refractivity contribution in [3.8, 4) is 0 Å². The third-order valence-corrected chi connectivity index (χ3v) is 24.6. The van der Waals surface area contributed by atoms with Crippen molar-refractivity contribution in [1.82, 2.24) is 28.2 Å². The molecule has 0 saturated carbocycles. The lowest BCUT2D eigenvalue weighted by molar-refractivity contribution is -0.140. The molecule has 0 spiro atoms. The summed E-state index contributed by atoms with van der Waals surface area (Å²) < 4.78 is 56.1. The second-order valence-corrected chi connectivity index (χ2v) is 36.2. The third-order valence-electron chi connectivity index (χ3n) is 19.2. The lowest BCUT2D eigenvalue weighted by atomic mass is 9.88. The minimum absolute atomic E-state index is 0.0121. The van der Waals surface area contributed by atoms with Gasteiger partial charge < -0.3 is 19.4 Å². The third kappa shape index (κ3) is 33.2. The summed E-state index contributed by atoms with van der Waals surface area (Å²) in [5, 5.41) is -0.356. The molecule has 14 nitrogen and oxygen atoms in total. The molecule has 0 aromatic carbocycles. The molecule has 0 N–H and O–H groups in total. The minimum Gasteiger partial charge on any atom is -0.373 e. The van der Waals surface area contributed by atoms with Crippen molar-refractivity contribution in [2.45, 2.75) is 339 Å². The van der Waals surface area contributed by atoms with E-state index in [2.05, 4.69) is 150 Å². The monoisotopic (exact) mass is 1260 g/mol. The Morgan fingerprint density at radius 1 is 0.353 bits per heavy atom. The van der Waals surface area contributed by atoms with Crippen LogP contribution in [0.25, 0.3) is 0 Å². The molecule has 0 bridgehead atoms. The van der Waals surface area contributed by atoms with Gasteiger partial charge in [-0.25, -0.2) is 21.1 Å². The van der Waals surface area contributed by atoms with Gasteiger partial charge in [-0.1, -0.05) is 125 Å². The number of carbonyl (C=O) groups is 3. The van der Waals surface area contributed by atoms with Gasteiger partial charge in [0.15, 0.2) is 0 Å². The van der Waals surface area contributed by atoms with E-state index in [1.807, 2.05) is 142 Å². The van der Waals surface area contributed by atoms with Gasteiger partial charge >= 0.3 is 0 Å². The molecule has 0 atom stereocenters. The highest BCUT2D eigenvalue weighted by atomic mass is 32.2. The maximum absolute atomic E-state index is 12.2. The Bertz CT molecular complexity index is 2010. The predicted octanol–water partition coefficient (Wildman–Crippen LogP) is 16.4. The fourth-order valence-electron chi connectivity index (χ4n) is 6.55. The largest absolute Gasteiger partial charge is 0.373 e. The van der Waals surface area contributed by atoms with Crippen molar-refractivity contribution in [2.75, 3.05) is 42.3 Å². The highest BCUT2D eigenvalue weighted by molar-refractivity contribution is 7.90. The van der Waals surface area contributed by atoms with E-state index in [0.29, 0.717) is 53.3 Å². The van der Waals surface area contributed by atoms with E-state index < -0.39 is 24.8 Å². The van der Waals surface area contributed by atoms with Crippen LogP contribution in [0.2, 0.25) is 0 Å². The number of ether oxygens (including phenoxy) is 1. The molecule has 0 aromatic heterocycles. The van der Waals surface area contributed by atoms with Crippen LogP contribution in [0.4, 0.5) is 0 Å². The molecule has 0 aliphatic rings. The maximum atomic E-state index is 12.2. The van der Waals surface area contributed by atoms with Crippen molar-refractivity contribution < 1.29 is 36.0 Å². The SMILES string of the molecule is CC(C)C(=O)N(C)C(C)(C)C(C)C.CC(C)C(=O)N(C)C(C)(C)C(C)C.CC(C)C(=O)N(C)C(C)C.CC(C)C(C)(C)N(C)S(=O)(=O)C(C)C.CC(C)N(C)C(C)(C)C(C)C.CC(C)N(C)S(=O)(=O)C(C)(C)C(C)C.CC(C)OC(C)(C)C(C)C. The van der Waals surface area contributed by atoms with E-state index in [-0.39, 0.29) is 74.9 Å². The van der Waals surface area contributed by atoms with Crippen molar-refractivity contribution >= 4 is 37.8 Å². The van der Waals surface area contributed by atoms with Crippen molar-refractivity contribution in [2.24, 2.45) is 53.3 Å². The Labute approximate surface area is 533 Å². The Kier molecular flexibility index (Phi) is 45.7. The Hall–Kier alpha value is -1.85. The van der Waals surface area contributed by atoms with Gasteiger partial charge in [0.25, 0.3) is 0 Å². The summed E-state index contributed by atoms with van der Waals surface area (Å²) in [7, 11) is 4.78. The molecule has 0 saturated heterocycles. The first-order chi connectivity index (χ1) is 37.1. The normalized spacial score (nSPS) is 13.1. The highest BCUT2D eigenvalue weighted by Gasteiger charge is 2.41. The lowest BCUT2D eigenvalue weighted by Crippen LogP contribution is -2.50. The zero-order valence-electron chi connectivity index (χ0n) is 65.3. The van der Waals surface area contributed by atoms with E-state index in [4.69, 9.17) is 4.74 Å². The average Bonchev–Trinajstić information content (AvgIpc) is 3.33. The van der Waals surface area contributed by atoms with Crippen molar-refractivity contribution in [3.05, 3.63) is 0 Å². The first-order valence-corrected chi connectivity index (χ1v) is 35.3. The van der Waals surface area contributed by atoms with E-state index in [0.717, 1.165) is 0 Å². The molecule has 0 rings (SSSR count). The van der Waals surface area contributed by atoms with Crippen LogP contribution in [0.3, 0.4) is 0 Å². The zero-order chi connectivity index (χ0) is 71.0. The van der Waals surface area contributed by atoms with Crippen molar-refractivity contribution in [3.63, 3.8) is 0 Å². The number of amides is 3. The zero-order valence-corrected chi connectivity index (χ0v) is 67.0. The molecule has 0 heterocycles. The van der Waals surface area contributed by atoms with Crippen molar-refractivity contribution in [1.29, 1.82) is 0 Å². The van der Waals surface area contributed by atoms with Gasteiger partial charge in [0.1, 0.15) is 0 Å². The molecule has 0 fully saturated rings. The summed E-state index contributed by atoms with van der Waals surface area (Å²) in [6.45, 7) is 81.7. The molecular weight excluding hydrogens is 1100 g/mol. The number of sulfonamides is 2. The molecule has 85 heavy (non-hydrogen) atoms. The van der Waals surface area contributed by atoms with Crippen LogP contribution in [0.5, 0.6) is 0 Å². The number of carbonyl (C=O) groups excluding carboxylic acids is 3. The molecule has 0 aromatic rings. The second kappa shape index (κ2) is 40.1. The summed E-state index contributed by atoms with van der Waals surface area (Å²) in [6.07, 6.45) is 0.331. The summed E-state index contributed by atoms with van der Waals surface area (Å²) >= 11 is 0. The second-order valence-electron chi connectivity index (χ2n) is 31.1. The summed E-state index contributed by atoms with van der Waals surface area (Å²) in [5.41, 5.74) is -0.103. The van der Waals surface area contributed by atoms with Gasteiger partial charge in [-0.3, -0.25) is 19.3 Å². The number of hydrogen-bond donors (Lipinski definition) is 0. The van der Waals surface area contributed by atoms with Crippen LogP contribution in [0.1, 0.15) is 277 Å².